The van der Waals surface area contributed by atoms with E-state index in [0.717, 1.165) is 32.6 Å². The Bertz CT molecular complexity index is 244. The predicted molar refractivity (Wildman–Crippen MR) is 59.7 cm³/mol. The standard InChI is InChI=1S/C11H19N3O2/c12-4-1-5-14-11(15)9-13-8-10-2-6-16-7-3-10/h10,13H,1-3,5-9H2,(H,14,15). The highest BCUT2D eigenvalue weighted by atomic mass is 16.5. The van der Waals surface area contributed by atoms with Crippen molar-refractivity contribution in [3.63, 3.8) is 0 Å². The van der Waals surface area contributed by atoms with Crippen molar-refractivity contribution in [2.75, 3.05) is 32.8 Å². The van der Waals surface area contributed by atoms with E-state index < -0.39 is 0 Å². The van der Waals surface area contributed by atoms with Gasteiger partial charge in [-0.2, -0.15) is 5.26 Å². The summed E-state index contributed by atoms with van der Waals surface area (Å²) in [6.07, 6.45) is 2.51. The molecule has 1 heterocycles. The van der Waals surface area contributed by atoms with Gasteiger partial charge in [-0.1, -0.05) is 0 Å². The molecule has 0 unspecified atom stereocenters. The zero-order chi connectivity index (χ0) is 11.6. The van der Waals surface area contributed by atoms with Crippen LogP contribution >= 0.6 is 0 Å². The fourth-order valence-corrected chi connectivity index (χ4v) is 1.66. The van der Waals surface area contributed by atoms with Crippen molar-refractivity contribution in [3.05, 3.63) is 0 Å². The summed E-state index contributed by atoms with van der Waals surface area (Å²) in [5.41, 5.74) is 0. The average molecular weight is 225 g/mol. The van der Waals surface area contributed by atoms with Crippen LogP contribution in [0.4, 0.5) is 0 Å². The number of hydrogen-bond acceptors (Lipinski definition) is 4. The number of nitrogens with zero attached hydrogens (tertiary/aromatic N) is 1. The van der Waals surface area contributed by atoms with Gasteiger partial charge in [0.25, 0.3) is 0 Å². The minimum Gasteiger partial charge on any atom is -0.381 e. The normalized spacial score (nSPS) is 16.7. The highest BCUT2D eigenvalue weighted by molar-refractivity contribution is 5.77. The molecule has 0 spiro atoms. The Labute approximate surface area is 96.2 Å². The highest BCUT2D eigenvalue weighted by Gasteiger charge is 2.13. The molecule has 1 saturated heterocycles. The van der Waals surface area contributed by atoms with E-state index in [1.807, 2.05) is 6.07 Å². The van der Waals surface area contributed by atoms with Crippen LogP contribution in [0.25, 0.3) is 0 Å². The molecule has 16 heavy (non-hydrogen) atoms. The first-order valence-corrected chi connectivity index (χ1v) is 5.75. The summed E-state index contributed by atoms with van der Waals surface area (Å²) < 4.78 is 5.25. The summed E-state index contributed by atoms with van der Waals surface area (Å²) >= 11 is 0. The molecule has 0 saturated carbocycles. The summed E-state index contributed by atoms with van der Waals surface area (Å²) in [7, 11) is 0. The largest absolute Gasteiger partial charge is 0.381 e. The number of nitriles is 1. The minimum atomic E-state index is -0.0395. The quantitative estimate of drug-likeness (QED) is 0.626. The van der Waals surface area contributed by atoms with Crippen molar-refractivity contribution < 1.29 is 9.53 Å². The van der Waals surface area contributed by atoms with E-state index in [1.165, 1.54) is 0 Å². The van der Waals surface area contributed by atoms with E-state index in [9.17, 15) is 4.79 Å². The van der Waals surface area contributed by atoms with Gasteiger partial charge in [-0.3, -0.25) is 4.79 Å². The third-order valence-corrected chi connectivity index (χ3v) is 2.62. The molecule has 1 rings (SSSR count). The van der Waals surface area contributed by atoms with Crippen LogP contribution < -0.4 is 10.6 Å². The molecule has 1 fully saturated rings. The Morgan fingerprint density at radius 3 is 2.88 bits per heavy atom. The zero-order valence-corrected chi connectivity index (χ0v) is 9.50. The second-order valence-electron chi connectivity index (χ2n) is 3.94. The first-order valence-electron chi connectivity index (χ1n) is 5.75. The number of carbonyl (C=O) groups is 1. The summed E-state index contributed by atoms with van der Waals surface area (Å²) in [5.74, 6) is 0.586. The lowest BCUT2D eigenvalue weighted by atomic mass is 10.0. The molecule has 0 aromatic heterocycles. The molecule has 0 aromatic rings. The lowest BCUT2D eigenvalue weighted by Gasteiger charge is -2.22. The van der Waals surface area contributed by atoms with Crippen molar-refractivity contribution in [1.82, 2.24) is 10.6 Å². The second kappa shape index (κ2) is 8.08. The minimum absolute atomic E-state index is 0.0395. The van der Waals surface area contributed by atoms with Gasteiger partial charge in [-0.15, -0.1) is 0 Å². The van der Waals surface area contributed by atoms with Crippen LogP contribution in [0.15, 0.2) is 0 Å². The molecular formula is C11H19N3O2. The van der Waals surface area contributed by atoms with Crippen molar-refractivity contribution in [2.24, 2.45) is 5.92 Å². The van der Waals surface area contributed by atoms with Gasteiger partial charge >= 0.3 is 0 Å². The fraction of sp³-hybridized carbons (Fsp3) is 0.818. The molecule has 2 N–H and O–H groups in total. The zero-order valence-electron chi connectivity index (χ0n) is 9.50. The van der Waals surface area contributed by atoms with Crippen molar-refractivity contribution >= 4 is 5.91 Å². The van der Waals surface area contributed by atoms with Gasteiger partial charge in [-0.05, 0) is 25.3 Å². The van der Waals surface area contributed by atoms with E-state index in [1.54, 1.807) is 0 Å². The van der Waals surface area contributed by atoms with Crippen LogP contribution in [0.1, 0.15) is 19.3 Å². The average Bonchev–Trinajstić information content (AvgIpc) is 2.31. The monoisotopic (exact) mass is 225 g/mol. The van der Waals surface area contributed by atoms with Crippen molar-refractivity contribution in [1.29, 1.82) is 5.26 Å². The van der Waals surface area contributed by atoms with Crippen LogP contribution in [0.2, 0.25) is 0 Å². The van der Waals surface area contributed by atoms with Gasteiger partial charge in [0.15, 0.2) is 0 Å². The van der Waals surface area contributed by atoms with Crippen molar-refractivity contribution in [3.8, 4) is 6.07 Å². The van der Waals surface area contributed by atoms with Crippen molar-refractivity contribution in [2.45, 2.75) is 19.3 Å². The second-order valence-corrected chi connectivity index (χ2v) is 3.94. The molecule has 1 aliphatic heterocycles. The molecule has 0 aromatic carbocycles. The van der Waals surface area contributed by atoms with Gasteiger partial charge in [0.05, 0.1) is 19.0 Å². The van der Waals surface area contributed by atoms with E-state index in [0.29, 0.717) is 25.4 Å². The summed E-state index contributed by atoms with van der Waals surface area (Å²) in [5, 5.41) is 14.1. The first kappa shape index (κ1) is 12.9. The third-order valence-electron chi connectivity index (χ3n) is 2.62. The molecule has 0 bridgehead atoms. The van der Waals surface area contributed by atoms with E-state index in [2.05, 4.69) is 10.6 Å². The van der Waals surface area contributed by atoms with E-state index in [4.69, 9.17) is 10.00 Å². The van der Waals surface area contributed by atoms with Gasteiger partial charge < -0.3 is 15.4 Å². The highest BCUT2D eigenvalue weighted by Crippen LogP contribution is 2.12. The molecule has 5 heteroatoms. The van der Waals surface area contributed by atoms with E-state index >= 15 is 0 Å². The molecule has 0 atom stereocenters. The molecule has 90 valence electrons. The Hall–Kier alpha value is -1.12. The number of ether oxygens (including phenoxy) is 1. The maximum absolute atomic E-state index is 11.3. The van der Waals surface area contributed by atoms with Crippen LogP contribution in [0.3, 0.4) is 0 Å². The van der Waals surface area contributed by atoms with Gasteiger partial charge in [-0.25, -0.2) is 0 Å². The van der Waals surface area contributed by atoms with E-state index in [-0.39, 0.29) is 5.91 Å². The number of rotatable bonds is 6. The van der Waals surface area contributed by atoms with Crippen LogP contribution in [-0.2, 0) is 9.53 Å². The molecular weight excluding hydrogens is 206 g/mol. The lowest BCUT2D eigenvalue weighted by molar-refractivity contribution is -0.120. The maximum atomic E-state index is 11.3. The van der Waals surface area contributed by atoms with Crippen LogP contribution in [-0.4, -0.2) is 38.8 Å². The molecule has 5 nitrogen and oxygen atoms in total. The predicted octanol–water partition coefficient (Wildman–Crippen LogP) is 0.0325. The summed E-state index contributed by atoms with van der Waals surface area (Å²) in [4.78, 5) is 11.3. The van der Waals surface area contributed by atoms with Crippen LogP contribution in [0.5, 0.6) is 0 Å². The molecule has 1 amide bonds. The fourth-order valence-electron chi connectivity index (χ4n) is 1.66. The SMILES string of the molecule is N#CCCNC(=O)CNCC1CCOCC1. The Balaban J connectivity index is 1.97. The Morgan fingerprint density at radius 1 is 1.44 bits per heavy atom. The first-order chi connectivity index (χ1) is 7.83. The topological polar surface area (TPSA) is 74.2 Å². The number of amides is 1. The molecule has 1 aliphatic rings. The van der Waals surface area contributed by atoms with Gasteiger partial charge in [0.1, 0.15) is 0 Å². The number of hydrogen-bond donors (Lipinski definition) is 2. The summed E-state index contributed by atoms with van der Waals surface area (Å²) in [6, 6.07) is 1.98. The Kier molecular flexibility index (Phi) is 6.54. The lowest BCUT2D eigenvalue weighted by Crippen LogP contribution is -2.37. The third kappa shape index (κ3) is 5.69. The van der Waals surface area contributed by atoms with Gasteiger partial charge in [0, 0.05) is 19.8 Å². The molecule has 0 radical (unpaired) electrons. The van der Waals surface area contributed by atoms with Gasteiger partial charge in [0.2, 0.25) is 5.91 Å². The summed E-state index contributed by atoms with van der Waals surface area (Å²) in [6.45, 7) is 3.31. The number of carbonyl (C=O) groups excluding carboxylic acids is 1. The molecule has 0 aliphatic carbocycles. The maximum Gasteiger partial charge on any atom is 0.233 e. The smallest absolute Gasteiger partial charge is 0.233 e. The van der Waals surface area contributed by atoms with Crippen LogP contribution in [0, 0.1) is 17.2 Å². The number of nitrogens with one attached hydrogen (secondary N) is 2. The Morgan fingerprint density at radius 2 is 2.19 bits per heavy atom.